The number of nitrogens with zero attached hydrogens (tertiary/aromatic N) is 3. The van der Waals surface area contributed by atoms with E-state index < -0.39 is 31.6 Å². The molecule has 0 radical (unpaired) electrons. The number of fused-ring (bicyclic) bond motifs is 2. The van der Waals surface area contributed by atoms with Gasteiger partial charge in [0.25, 0.3) is 5.91 Å². The van der Waals surface area contributed by atoms with Crippen molar-refractivity contribution in [2.75, 3.05) is 36.0 Å². The molecule has 10 heteroatoms. The van der Waals surface area contributed by atoms with E-state index in [1.54, 1.807) is 27.8 Å². The Morgan fingerprint density at radius 3 is 2.55 bits per heavy atom. The second-order valence-electron chi connectivity index (χ2n) is 13.8. The first-order chi connectivity index (χ1) is 20.8. The average molecular weight is 626 g/mol. The molecule has 0 aromatic heterocycles. The van der Waals surface area contributed by atoms with E-state index in [9.17, 15) is 19.5 Å². The molecule has 0 saturated carbocycles. The van der Waals surface area contributed by atoms with Crippen molar-refractivity contribution in [1.29, 1.82) is 0 Å². The highest BCUT2D eigenvalue weighted by Crippen LogP contribution is 2.60. The number of carbonyl (C=O) groups is 3. The lowest BCUT2D eigenvalue weighted by Crippen LogP contribution is -2.45. The van der Waals surface area contributed by atoms with Gasteiger partial charge in [0, 0.05) is 48.8 Å². The summed E-state index contributed by atoms with van der Waals surface area (Å²) in [6.45, 7) is 12.8. The van der Waals surface area contributed by atoms with Crippen LogP contribution >= 0.6 is 0 Å². The normalized spacial score (nSPS) is 28.6. The molecule has 1 spiro atoms. The number of ether oxygens (including phenoxy) is 1. The number of halogens is 1. The first-order valence-corrected chi connectivity index (χ1v) is 19.1. The van der Waals surface area contributed by atoms with Crippen LogP contribution in [-0.2, 0) is 24.7 Å². The molecule has 3 amide bonds. The molecule has 1 N–H and O–H groups in total. The summed E-state index contributed by atoms with van der Waals surface area (Å²) in [5, 5.41) is 9.82. The van der Waals surface area contributed by atoms with Crippen molar-refractivity contribution < 1.29 is 28.3 Å². The van der Waals surface area contributed by atoms with Gasteiger partial charge >= 0.3 is 0 Å². The quantitative estimate of drug-likeness (QED) is 0.158. The van der Waals surface area contributed by atoms with Crippen molar-refractivity contribution in [1.82, 2.24) is 4.90 Å². The Labute approximate surface area is 262 Å². The van der Waals surface area contributed by atoms with Gasteiger partial charge in [-0.3, -0.25) is 14.4 Å². The lowest BCUT2D eigenvalue weighted by Gasteiger charge is -2.33. The number of rotatable bonds is 10. The minimum atomic E-state index is -3.45. The standard InChI is InChI=1S/C34H48FN3O5Si/c1-22(2)9-7-10-23(3)14-17-38-28-13-12-25(37-18-15-30(37)40)19-27(28)34(33(38)42)24(4)32(44(5,6)35)29(43-34)20-31(41)36-16-8-11-26(36)21-39/h9,12-14,19,24,26,29,32,39H,7-8,10-11,15-18,20-21H2,1-6H3/b23-14+/t24-,26-,29+,32-,34+/m0/s1. The molecule has 0 bridgehead atoms. The van der Waals surface area contributed by atoms with Crippen molar-refractivity contribution in [3.05, 3.63) is 47.1 Å². The number of allylic oxidation sites excluding steroid dienone is 3. The van der Waals surface area contributed by atoms with Gasteiger partial charge in [0.15, 0.2) is 5.60 Å². The van der Waals surface area contributed by atoms with E-state index in [1.807, 2.05) is 25.1 Å². The smallest absolute Gasteiger partial charge is 0.264 e. The maximum Gasteiger partial charge on any atom is 0.264 e. The molecule has 0 aliphatic carbocycles. The zero-order valence-electron chi connectivity index (χ0n) is 27.1. The summed E-state index contributed by atoms with van der Waals surface area (Å²) >= 11 is 0. The number of amides is 3. The summed E-state index contributed by atoms with van der Waals surface area (Å²) < 4.78 is 23.1. The van der Waals surface area contributed by atoms with Crippen LogP contribution in [0.15, 0.2) is 41.5 Å². The third-order valence-corrected chi connectivity index (χ3v) is 12.6. The average Bonchev–Trinajstić information content (AvgIpc) is 3.60. The predicted octanol–water partition coefficient (Wildman–Crippen LogP) is 5.61. The van der Waals surface area contributed by atoms with E-state index in [2.05, 4.69) is 32.9 Å². The maximum atomic E-state index is 16.3. The Bertz CT molecular complexity index is 1370. The van der Waals surface area contributed by atoms with E-state index in [4.69, 9.17) is 4.74 Å². The number of aliphatic hydroxyl groups is 1. The van der Waals surface area contributed by atoms with E-state index in [1.165, 1.54) is 11.1 Å². The van der Waals surface area contributed by atoms with Crippen molar-refractivity contribution in [3.8, 4) is 0 Å². The molecule has 0 unspecified atom stereocenters. The largest absolute Gasteiger partial charge is 0.394 e. The van der Waals surface area contributed by atoms with Gasteiger partial charge in [-0.15, -0.1) is 0 Å². The van der Waals surface area contributed by atoms with Gasteiger partial charge in [0.2, 0.25) is 20.2 Å². The second-order valence-corrected chi connectivity index (χ2v) is 17.6. The minimum absolute atomic E-state index is 0.0261. The fraction of sp³-hybridized carbons (Fsp3) is 0.618. The molecule has 3 saturated heterocycles. The number of likely N-dealkylation sites (tertiary alicyclic amines) is 1. The van der Waals surface area contributed by atoms with Crippen molar-refractivity contribution in [2.45, 2.75) is 103 Å². The Morgan fingerprint density at radius 1 is 1.18 bits per heavy atom. The van der Waals surface area contributed by atoms with Gasteiger partial charge in [0.1, 0.15) is 0 Å². The summed E-state index contributed by atoms with van der Waals surface area (Å²) in [4.78, 5) is 45.7. The fourth-order valence-corrected chi connectivity index (χ4v) is 10.2. The van der Waals surface area contributed by atoms with E-state index in [0.29, 0.717) is 43.0 Å². The summed E-state index contributed by atoms with van der Waals surface area (Å²) in [5.74, 6) is -0.914. The van der Waals surface area contributed by atoms with E-state index >= 15 is 4.11 Å². The SMILES string of the molecule is CC(C)=CCC/C(C)=C/CN1C(=O)[C@]2(O[C@H](CC(=O)N3CCC[C@H]3CO)[C@@H]([Si](C)(C)F)[C@@H]2C)c2cc(N3CCC3=O)ccc21. The van der Waals surface area contributed by atoms with Crippen LogP contribution in [0.25, 0.3) is 0 Å². The van der Waals surface area contributed by atoms with Crippen molar-refractivity contribution in [3.63, 3.8) is 0 Å². The van der Waals surface area contributed by atoms with Crippen LogP contribution in [0.4, 0.5) is 15.5 Å². The highest BCUT2D eigenvalue weighted by atomic mass is 28.4. The molecule has 240 valence electrons. The molecule has 4 aliphatic heterocycles. The molecule has 5 rings (SSSR count). The predicted molar refractivity (Wildman–Crippen MR) is 173 cm³/mol. The lowest BCUT2D eigenvalue weighted by atomic mass is 9.82. The fourth-order valence-electron chi connectivity index (χ4n) is 7.75. The summed E-state index contributed by atoms with van der Waals surface area (Å²) in [7, 11) is -3.45. The van der Waals surface area contributed by atoms with Crippen LogP contribution < -0.4 is 9.80 Å². The Kier molecular flexibility index (Phi) is 9.27. The second kappa shape index (κ2) is 12.5. The summed E-state index contributed by atoms with van der Waals surface area (Å²) in [6.07, 6.45) is 7.29. The Hall–Kier alpha value is -2.82. The molecule has 8 nitrogen and oxygen atoms in total. The Balaban J connectivity index is 1.52. The zero-order chi connectivity index (χ0) is 32.0. The zero-order valence-corrected chi connectivity index (χ0v) is 28.1. The number of benzene rings is 1. The van der Waals surface area contributed by atoms with Gasteiger partial charge < -0.3 is 28.7 Å². The maximum absolute atomic E-state index is 16.3. The molecule has 5 atom stereocenters. The molecule has 44 heavy (non-hydrogen) atoms. The first-order valence-electron chi connectivity index (χ1n) is 16.1. The molecule has 4 heterocycles. The molecule has 1 aromatic rings. The number of anilines is 2. The van der Waals surface area contributed by atoms with Crippen LogP contribution in [-0.4, -0.2) is 74.5 Å². The van der Waals surface area contributed by atoms with Gasteiger partial charge in [-0.1, -0.05) is 30.2 Å². The number of carbonyl (C=O) groups excluding carboxylic acids is 3. The van der Waals surface area contributed by atoms with Gasteiger partial charge in [-0.25, -0.2) is 0 Å². The van der Waals surface area contributed by atoms with E-state index in [-0.39, 0.29) is 36.8 Å². The highest BCUT2D eigenvalue weighted by Gasteiger charge is 2.67. The van der Waals surface area contributed by atoms with Crippen LogP contribution in [0.3, 0.4) is 0 Å². The van der Waals surface area contributed by atoms with Crippen LogP contribution in [0.1, 0.15) is 71.8 Å². The van der Waals surface area contributed by atoms with Gasteiger partial charge in [-0.2, -0.15) is 0 Å². The topological polar surface area (TPSA) is 90.4 Å². The van der Waals surface area contributed by atoms with Crippen LogP contribution in [0.5, 0.6) is 0 Å². The molecular formula is C34H48FN3O5Si. The van der Waals surface area contributed by atoms with E-state index in [0.717, 1.165) is 25.7 Å². The minimum Gasteiger partial charge on any atom is -0.394 e. The molecule has 1 aromatic carbocycles. The van der Waals surface area contributed by atoms with Crippen LogP contribution in [0, 0.1) is 5.92 Å². The summed E-state index contributed by atoms with van der Waals surface area (Å²) in [6, 6.07) is 5.39. The number of β-lactam (4-membered cyclic amide) rings is 1. The number of hydrogen-bond donors (Lipinski definition) is 1. The molecule has 3 fully saturated rings. The van der Waals surface area contributed by atoms with Gasteiger partial charge in [-0.05, 0) is 77.7 Å². The lowest BCUT2D eigenvalue weighted by molar-refractivity contribution is -0.149. The van der Waals surface area contributed by atoms with Crippen LogP contribution in [0.2, 0.25) is 18.6 Å². The van der Waals surface area contributed by atoms with Crippen molar-refractivity contribution >= 4 is 37.5 Å². The van der Waals surface area contributed by atoms with Gasteiger partial charge in [0.05, 0.1) is 30.9 Å². The molecular weight excluding hydrogens is 577 g/mol. The monoisotopic (exact) mass is 625 g/mol. The number of hydrogen-bond acceptors (Lipinski definition) is 5. The summed E-state index contributed by atoms with van der Waals surface area (Å²) in [5.41, 5.74) is 2.43. The molecule has 4 aliphatic rings. The number of aliphatic hydroxyl groups excluding tert-OH is 1. The van der Waals surface area contributed by atoms with Crippen molar-refractivity contribution in [2.24, 2.45) is 5.92 Å². The third kappa shape index (κ3) is 5.81. The highest BCUT2D eigenvalue weighted by molar-refractivity contribution is 6.72. The first kappa shape index (κ1) is 32.6. The Morgan fingerprint density at radius 2 is 1.93 bits per heavy atom. The third-order valence-electron chi connectivity index (χ3n) is 10.1.